The van der Waals surface area contributed by atoms with Crippen LogP contribution in [0.1, 0.15) is 31.6 Å². The van der Waals surface area contributed by atoms with E-state index < -0.39 is 0 Å². The lowest BCUT2D eigenvalue weighted by Gasteiger charge is -2.02. The van der Waals surface area contributed by atoms with Crippen molar-refractivity contribution in [2.24, 2.45) is 5.92 Å². The smallest absolute Gasteiger partial charge is 0.198 e. The monoisotopic (exact) mass is 236 g/mol. The summed E-state index contributed by atoms with van der Waals surface area (Å²) in [6, 6.07) is 3.51. The quantitative estimate of drug-likeness (QED) is 0.811. The molecule has 1 heterocycles. The Bertz CT molecular complexity index is 506. The molecule has 84 valence electrons. The summed E-state index contributed by atoms with van der Waals surface area (Å²) in [7, 11) is 0. The number of halogens is 1. The van der Waals surface area contributed by atoms with Crippen LogP contribution in [0.15, 0.2) is 16.5 Å². The van der Waals surface area contributed by atoms with Gasteiger partial charge in [-0.1, -0.05) is 18.5 Å². The topological polar surface area (TPSA) is 52.0 Å². The van der Waals surface area contributed by atoms with Gasteiger partial charge in [-0.05, 0) is 24.8 Å². The molecule has 1 atom stereocenters. The fraction of sp³-hybridized carbons (Fsp3) is 0.417. The number of nitrogens with two attached hydrogens (primary N) is 1. The zero-order valence-corrected chi connectivity index (χ0v) is 9.79. The van der Waals surface area contributed by atoms with Crippen molar-refractivity contribution in [1.82, 2.24) is 4.98 Å². The normalized spacial score (nSPS) is 17.9. The molecule has 1 unspecified atom stereocenters. The van der Waals surface area contributed by atoms with Gasteiger partial charge in [-0.15, -0.1) is 0 Å². The Balaban J connectivity index is 2.07. The van der Waals surface area contributed by atoms with E-state index in [2.05, 4.69) is 11.9 Å². The minimum Gasteiger partial charge on any atom is -0.440 e. The lowest BCUT2D eigenvalue weighted by molar-refractivity contribution is 0.460. The third-order valence-electron chi connectivity index (χ3n) is 3.24. The van der Waals surface area contributed by atoms with E-state index in [1.807, 2.05) is 0 Å². The number of anilines is 1. The maximum atomic E-state index is 5.94. The summed E-state index contributed by atoms with van der Waals surface area (Å²) in [5.41, 5.74) is 7.78. The van der Waals surface area contributed by atoms with Gasteiger partial charge in [0, 0.05) is 12.0 Å². The molecule has 0 radical (unpaired) electrons. The van der Waals surface area contributed by atoms with Crippen molar-refractivity contribution in [2.45, 2.75) is 25.7 Å². The first-order valence-electron chi connectivity index (χ1n) is 5.50. The van der Waals surface area contributed by atoms with E-state index in [9.17, 15) is 0 Å². The number of benzene rings is 1. The highest BCUT2D eigenvalue weighted by Crippen LogP contribution is 2.42. The van der Waals surface area contributed by atoms with Gasteiger partial charge in [0.15, 0.2) is 11.5 Å². The second kappa shape index (κ2) is 3.39. The minimum atomic E-state index is 0.396. The van der Waals surface area contributed by atoms with Crippen molar-refractivity contribution in [2.75, 3.05) is 5.73 Å². The fourth-order valence-electron chi connectivity index (χ4n) is 1.97. The van der Waals surface area contributed by atoms with Crippen molar-refractivity contribution in [3.05, 3.63) is 23.0 Å². The van der Waals surface area contributed by atoms with Gasteiger partial charge < -0.3 is 10.2 Å². The van der Waals surface area contributed by atoms with Gasteiger partial charge in [0.1, 0.15) is 5.52 Å². The molecular formula is C12H13ClN2O. The van der Waals surface area contributed by atoms with Gasteiger partial charge in [0.25, 0.3) is 0 Å². The molecule has 2 aromatic rings. The van der Waals surface area contributed by atoms with E-state index in [0.29, 0.717) is 16.6 Å². The predicted octanol–water partition coefficient (Wildman–Crippen LogP) is 3.58. The molecule has 0 saturated heterocycles. The summed E-state index contributed by atoms with van der Waals surface area (Å²) < 4.78 is 5.72. The van der Waals surface area contributed by atoms with Crippen LogP contribution in [0, 0.1) is 5.92 Å². The van der Waals surface area contributed by atoms with E-state index >= 15 is 0 Å². The van der Waals surface area contributed by atoms with Crippen molar-refractivity contribution < 1.29 is 4.42 Å². The Morgan fingerprint density at radius 2 is 2.25 bits per heavy atom. The third-order valence-corrected chi connectivity index (χ3v) is 3.57. The maximum absolute atomic E-state index is 5.94. The van der Waals surface area contributed by atoms with Crippen molar-refractivity contribution in [3.8, 4) is 0 Å². The third kappa shape index (κ3) is 1.55. The van der Waals surface area contributed by atoms with E-state index in [4.69, 9.17) is 21.8 Å². The van der Waals surface area contributed by atoms with Gasteiger partial charge in [0.2, 0.25) is 0 Å². The van der Waals surface area contributed by atoms with Gasteiger partial charge >= 0.3 is 0 Å². The van der Waals surface area contributed by atoms with Crippen LogP contribution in [0.25, 0.3) is 11.1 Å². The Morgan fingerprint density at radius 3 is 2.94 bits per heavy atom. The highest BCUT2D eigenvalue weighted by atomic mass is 35.5. The number of aromatic nitrogens is 1. The first-order valence-corrected chi connectivity index (χ1v) is 5.88. The molecule has 1 saturated carbocycles. The number of fused-ring (bicyclic) bond motifs is 1. The molecule has 0 bridgehead atoms. The molecule has 1 aliphatic carbocycles. The Hall–Kier alpha value is -1.22. The Kier molecular flexibility index (Phi) is 2.11. The molecule has 3 rings (SSSR count). The predicted molar refractivity (Wildman–Crippen MR) is 64.6 cm³/mol. The number of rotatable bonds is 2. The lowest BCUT2D eigenvalue weighted by atomic mass is 10.1. The summed E-state index contributed by atoms with van der Waals surface area (Å²) >= 11 is 5.94. The molecule has 1 aromatic carbocycles. The molecule has 1 aliphatic rings. The van der Waals surface area contributed by atoms with Gasteiger partial charge in [-0.3, -0.25) is 0 Å². The number of hydrogen-bond donors (Lipinski definition) is 1. The highest BCUT2D eigenvalue weighted by molar-refractivity contribution is 6.33. The number of oxazole rings is 1. The second-order valence-corrected chi connectivity index (χ2v) is 4.93. The van der Waals surface area contributed by atoms with Crippen molar-refractivity contribution in [3.63, 3.8) is 0 Å². The summed E-state index contributed by atoms with van der Waals surface area (Å²) in [6.07, 6.45) is 2.56. The van der Waals surface area contributed by atoms with Crippen LogP contribution in [0.3, 0.4) is 0 Å². The zero-order chi connectivity index (χ0) is 11.3. The Morgan fingerprint density at radius 1 is 1.50 bits per heavy atom. The van der Waals surface area contributed by atoms with Crippen LogP contribution in [0.4, 0.5) is 5.69 Å². The van der Waals surface area contributed by atoms with Crippen LogP contribution in [-0.2, 0) is 0 Å². The molecule has 4 heteroatoms. The first-order chi connectivity index (χ1) is 7.65. The van der Waals surface area contributed by atoms with E-state index in [1.165, 1.54) is 12.8 Å². The molecular weight excluding hydrogens is 224 g/mol. The number of hydrogen-bond acceptors (Lipinski definition) is 3. The van der Waals surface area contributed by atoms with Gasteiger partial charge in [0.05, 0.1) is 10.7 Å². The van der Waals surface area contributed by atoms with Crippen molar-refractivity contribution in [1.29, 1.82) is 0 Å². The second-order valence-electron chi connectivity index (χ2n) is 4.52. The molecule has 3 nitrogen and oxygen atoms in total. The maximum Gasteiger partial charge on any atom is 0.198 e. The standard InChI is InChI=1S/C12H13ClN2O/c1-6(7-2-3-7)12-15-10-4-8(13)9(14)5-11(10)16-12/h4-7H,2-3,14H2,1H3. The highest BCUT2D eigenvalue weighted by Gasteiger charge is 2.32. The number of nitrogens with zero attached hydrogens (tertiary/aromatic N) is 1. The fourth-order valence-corrected chi connectivity index (χ4v) is 2.13. The molecule has 0 aliphatic heterocycles. The van der Waals surface area contributed by atoms with E-state index in [1.54, 1.807) is 12.1 Å². The largest absolute Gasteiger partial charge is 0.440 e. The molecule has 0 spiro atoms. The van der Waals surface area contributed by atoms with Crippen molar-refractivity contribution >= 4 is 28.4 Å². The average molecular weight is 237 g/mol. The van der Waals surface area contributed by atoms with Crippen LogP contribution in [-0.4, -0.2) is 4.98 Å². The van der Waals surface area contributed by atoms with E-state index in [-0.39, 0.29) is 0 Å². The average Bonchev–Trinajstić information content (AvgIpc) is 3.01. The van der Waals surface area contributed by atoms with Gasteiger partial charge in [-0.25, -0.2) is 4.98 Å². The summed E-state index contributed by atoms with van der Waals surface area (Å²) in [6.45, 7) is 2.16. The Labute approximate surface area is 98.6 Å². The first kappa shape index (κ1) is 9.97. The molecule has 2 N–H and O–H groups in total. The molecule has 1 fully saturated rings. The van der Waals surface area contributed by atoms with Crippen LogP contribution in [0.5, 0.6) is 0 Å². The molecule has 16 heavy (non-hydrogen) atoms. The van der Waals surface area contributed by atoms with Gasteiger partial charge in [-0.2, -0.15) is 0 Å². The van der Waals surface area contributed by atoms with E-state index in [0.717, 1.165) is 22.9 Å². The lowest BCUT2D eigenvalue weighted by Crippen LogP contribution is -1.94. The SMILES string of the molecule is CC(c1nc2cc(Cl)c(N)cc2o1)C1CC1. The van der Waals surface area contributed by atoms with Crippen LogP contribution < -0.4 is 5.73 Å². The number of nitrogen functional groups attached to an aromatic ring is 1. The summed E-state index contributed by atoms with van der Waals surface area (Å²) in [4.78, 5) is 4.47. The van der Waals surface area contributed by atoms with Crippen LogP contribution in [0.2, 0.25) is 5.02 Å². The molecule has 0 amide bonds. The van der Waals surface area contributed by atoms with Crippen LogP contribution >= 0.6 is 11.6 Å². The summed E-state index contributed by atoms with van der Waals surface area (Å²) in [5, 5.41) is 0.534. The molecule has 1 aromatic heterocycles. The summed E-state index contributed by atoms with van der Waals surface area (Å²) in [5.74, 6) is 1.94. The zero-order valence-electron chi connectivity index (χ0n) is 9.03. The minimum absolute atomic E-state index is 0.396.